The van der Waals surface area contributed by atoms with Gasteiger partial charge >= 0.3 is 0 Å². The van der Waals surface area contributed by atoms with E-state index in [4.69, 9.17) is 0 Å². The van der Waals surface area contributed by atoms with Gasteiger partial charge in [0.05, 0.1) is 23.7 Å². The highest BCUT2D eigenvalue weighted by molar-refractivity contribution is 5.45. The molecule has 1 unspecified atom stereocenters. The molecule has 0 radical (unpaired) electrons. The van der Waals surface area contributed by atoms with Gasteiger partial charge in [-0.1, -0.05) is 32.6 Å². The summed E-state index contributed by atoms with van der Waals surface area (Å²) in [4.78, 5) is 6.76. The van der Waals surface area contributed by atoms with Crippen LogP contribution in [0.3, 0.4) is 0 Å². The predicted molar refractivity (Wildman–Crippen MR) is 79.4 cm³/mol. The molecule has 0 aromatic carbocycles. The van der Waals surface area contributed by atoms with E-state index >= 15 is 0 Å². The van der Waals surface area contributed by atoms with Crippen LogP contribution in [0.2, 0.25) is 0 Å². The van der Waals surface area contributed by atoms with E-state index in [9.17, 15) is 5.11 Å². The molecule has 3 heteroatoms. The van der Waals surface area contributed by atoms with Crippen LogP contribution in [0, 0.1) is 0 Å². The van der Waals surface area contributed by atoms with Gasteiger partial charge in [0.15, 0.2) is 0 Å². The number of aromatic nitrogens is 1. The molecule has 1 aliphatic carbocycles. The fourth-order valence-corrected chi connectivity index (χ4v) is 2.87. The number of rotatable bonds is 4. The Morgan fingerprint density at radius 2 is 1.95 bits per heavy atom. The smallest absolute Gasteiger partial charge is 0.0957 e. The average molecular weight is 262 g/mol. The molecule has 0 spiro atoms. The first-order valence-corrected chi connectivity index (χ1v) is 7.59. The van der Waals surface area contributed by atoms with Crippen LogP contribution in [0.1, 0.15) is 63.7 Å². The van der Waals surface area contributed by atoms with Crippen molar-refractivity contribution in [2.75, 3.05) is 11.9 Å². The van der Waals surface area contributed by atoms with E-state index in [1.54, 1.807) is 0 Å². The Hall–Kier alpha value is -1.09. The number of hydrogen-bond acceptors (Lipinski definition) is 3. The first-order chi connectivity index (χ1) is 9.22. The van der Waals surface area contributed by atoms with Crippen molar-refractivity contribution in [3.8, 4) is 0 Å². The number of aliphatic hydroxyl groups is 1. The van der Waals surface area contributed by atoms with Crippen LogP contribution < -0.4 is 4.90 Å². The minimum absolute atomic E-state index is 0.433. The Labute approximate surface area is 116 Å². The van der Waals surface area contributed by atoms with Gasteiger partial charge in [0, 0.05) is 13.1 Å². The van der Waals surface area contributed by atoms with E-state index in [1.807, 2.05) is 19.2 Å². The van der Waals surface area contributed by atoms with E-state index < -0.39 is 6.10 Å². The largest absolute Gasteiger partial charge is 0.387 e. The average Bonchev–Trinajstić information content (AvgIpc) is 2.75. The molecule has 0 bridgehead atoms. The van der Waals surface area contributed by atoms with Gasteiger partial charge in [0.1, 0.15) is 0 Å². The van der Waals surface area contributed by atoms with Gasteiger partial charge in [0.2, 0.25) is 0 Å². The van der Waals surface area contributed by atoms with Gasteiger partial charge in [-0.25, -0.2) is 0 Å². The summed E-state index contributed by atoms with van der Waals surface area (Å²) in [6.07, 6.45) is 10.2. The maximum atomic E-state index is 9.77. The third-order valence-corrected chi connectivity index (χ3v) is 4.28. The zero-order valence-electron chi connectivity index (χ0n) is 12.2. The SMILES string of the molecule is CCC(O)c1ccc(N(C)C2CCCCCC2)cn1. The molecule has 1 atom stereocenters. The monoisotopic (exact) mass is 262 g/mol. The third kappa shape index (κ3) is 3.69. The lowest BCUT2D eigenvalue weighted by atomic mass is 10.1. The van der Waals surface area contributed by atoms with Crippen LogP contribution in [0.4, 0.5) is 5.69 Å². The topological polar surface area (TPSA) is 36.4 Å². The van der Waals surface area contributed by atoms with E-state index in [-0.39, 0.29) is 0 Å². The predicted octanol–water partition coefficient (Wildman–Crippen LogP) is 3.68. The summed E-state index contributed by atoms with van der Waals surface area (Å²) in [5.41, 5.74) is 1.94. The molecule has 0 aliphatic heterocycles. The van der Waals surface area contributed by atoms with Gasteiger partial charge in [0.25, 0.3) is 0 Å². The summed E-state index contributed by atoms with van der Waals surface area (Å²) in [6, 6.07) is 4.69. The molecule has 1 saturated carbocycles. The summed E-state index contributed by atoms with van der Waals surface area (Å²) in [6.45, 7) is 1.97. The van der Waals surface area contributed by atoms with Crippen molar-refractivity contribution in [3.05, 3.63) is 24.0 Å². The van der Waals surface area contributed by atoms with Gasteiger partial charge in [-0.15, -0.1) is 0 Å². The molecule has 1 fully saturated rings. The summed E-state index contributed by atoms with van der Waals surface area (Å²) in [5.74, 6) is 0. The normalized spacial score (nSPS) is 18.9. The maximum absolute atomic E-state index is 9.77. The Balaban J connectivity index is 2.03. The van der Waals surface area contributed by atoms with E-state index in [0.717, 1.165) is 5.69 Å². The molecular formula is C16H26N2O. The molecule has 2 rings (SSSR count). The number of aliphatic hydroxyl groups excluding tert-OH is 1. The minimum Gasteiger partial charge on any atom is -0.387 e. The second-order valence-electron chi connectivity index (χ2n) is 5.62. The van der Waals surface area contributed by atoms with Crippen molar-refractivity contribution >= 4 is 5.69 Å². The van der Waals surface area contributed by atoms with Crippen LogP contribution in [0.25, 0.3) is 0 Å². The highest BCUT2D eigenvalue weighted by atomic mass is 16.3. The van der Waals surface area contributed by atoms with Crippen molar-refractivity contribution in [3.63, 3.8) is 0 Å². The highest BCUT2D eigenvalue weighted by Crippen LogP contribution is 2.25. The zero-order valence-corrected chi connectivity index (χ0v) is 12.2. The van der Waals surface area contributed by atoms with E-state index in [0.29, 0.717) is 12.5 Å². The quantitative estimate of drug-likeness (QED) is 0.841. The van der Waals surface area contributed by atoms with Gasteiger partial charge in [-0.05, 0) is 31.4 Å². The van der Waals surface area contributed by atoms with E-state index in [2.05, 4.69) is 23.0 Å². The van der Waals surface area contributed by atoms with Crippen molar-refractivity contribution in [1.82, 2.24) is 4.98 Å². The lowest BCUT2D eigenvalue weighted by Crippen LogP contribution is -2.31. The van der Waals surface area contributed by atoms with Crippen molar-refractivity contribution < 1.29 is 5.11 Å². The van der Waals surface area contributed by atoms with Crippen LogP contribution >= 0.6 is 0 Å². The standard InChI is InChI=1S/C16H26N2O/c1-3-16(19)15-11-10-14(12-17-15)18(2)13-8-6-4-5-7-9-13/h10-13,16,19H,3-9H2,1-2H3. The van der Waals surface area contributed by atoms with Crippen LogP contribution in [-0.4, -0.2) is 23.2 Å². The maximum Gasteiger partial charge on any atom is 0.0957 e. The van der Waals surface area contributed by atoms with Crippen LogP contribution in [0.15, 0.2) is 18.3 Å². The number of pyridine rings is 1. The third-order valence-electron chi connectivity index (χ3n) is 4.28. The first kappa shape index (κ1) is 14.3. The van der Waals surface area contributed by atoms with Gasteiger partial charge < -0.3 is 10.0 Å². The fraction of sp³-hybridized carbons (Fsp3) is 0.688. The van der Waals surface area contributed by atoms with Gasteiger partial charge in [-0.2, -0.15) is 0 Å². The highest BCUT2D eigenvalue weighted by Gasteiger charge is 2.17. The summed E-state index contributed by atoms with van der Waals surface area (Å²) in [5, 5.41) is 9.77. The molecule has 106 valence electrons. The zero-order chi connectivity index (χ0) is 13.7. The van der Waals surface area contributed by atoms with Crippen LogP contribution in [-0.2, 0) is 0 Å². The molecule has 19 heavy (non-hydrogen) atoms. The Morgan fingerprint density at radius 1 is 1.26 bits per heavy atom. The Bertz CT molecular complexity index is 369. The number of nitrogens with zero attached hydrogens (tertiary/aromatic N) is 2. The Morgan fingerprint density at radius 3 is 2.47 bits per heavy atom. The lowest BCUT2D eigenvalue weighted by Gasteiger charge is -2.29. The van der Waals surface area contributed by atoms with E-state index in [1.165, 1.54) is 44.2 Å². The second-order valence-corrected chi connectivity index (χ2v) is 5.62. The second kappa shape index (κ2) is 6.90. The number of hydrogen-bond donors (Lipinski definition) is 1. The summed E-state index contributed by atoms with van der Waals surface area (Å²) >= 11 is 0. The van der Waals surface area contributed by atoms with Crippen LogP contribution in [0.5, 0.6) is 0 Å². The molecule has 1 aliphatic rings. The van der Waals surface area contributed by atoms with Crippen molar-refractivity contribution in [2.45, 2.75) is 64.0 Å². The molecule has 1 aromatic rings. The molecule has 1 N–H and O–H groups in total. The fourth-order valence-electron chi connectivity index (χ4n) is 2.87. The molecule has 1 aromatic heterocycles. The summed E-state index contributed by atoms with van der Waals surface area (Å²) < 4.78 is 0. The van der Waals surface area contributed by atoms with Gasteiger partial charge in [-0.3, -0.25) is 4.98 Å². The lowest BCUT2D eigenvalue weighted by molar-refractivity contribution is 0.169. The van der Waals surface area contributed by atoms with Crippen molar-refractivity contribution in [2.24, 2.45) is 0 Å². The number of anilines is 1. The first-order valence-electron chi connectivity index (χ1n) is 7.59. The molecular weight excluding hydrogens is 236 g/mol. The minimum atomic E-state index is -0.433. The summed E-state index contributed by atoms with van der Waals surface area (Å²) in [7, 11) is 2.17. The molecule has 0 amide bonds. The molecule has 3 nitrogen and oxygen atoms in total. The molecule has 0 saturated heterocycles. The van der Waals surface area contributed by atoms with Crippen molar-refractivity contribution in [1.29, 1.82) is 0 Å². The Kier molecular flexibility index (Phi) is 5.20. The molecule has 1 heterocycles.